The van der Waals surface area contributed by atoms with Crippen molar-refractivity contribution in [3.63, 3.8) is 0 Å². The zero-order valence-electron chi connectivity index (χ0n) is 25.6. The number of benzene rings is 3. The van der Waals surface area contributed by atoms with E-state index < -0.39 is 58.4 Å². The molecule has 3 aromatic rings. The summed E-state index contributed by atoms with van der Waals surface area (Å²) in [5.41, 5.74) is 0.150. The Bertz CT molecular complexity index is 1860. The van der Waals surface area contributed by atoms with Gasteiger partial charge in [0.15, 0.2) is 11.6 Å². The number of likely N-dealkylation sites (tertiary alicyclic amines) is 1. The Morgan fingerprint density at radius 1 is 0.830 bits per heavy atom. The largest absolute Gasteiger partial charge is 0.505 e. The molecule has 2 saturated heterocycles. The Balaban J connectivity index is 1.35. The molecule has 2 aliphatic heterocycles. The van der Waals surface area contributed by atoms with Gasteiger partial charge in [-0.1, -0.05) is 91.0 Å². The highest BCUT2D eigenvalue weighted by Gasteiger charge is 2.70. The molecule has 0 aromatic heterocycles. The smallest absolute Gasteiger partial charge is 0.246 e. The summed E-state index contributed by atoms with van der Waals surface area (Å²) in [5.74, 6) is -6.61. The van der Waals surface area contributed by atoms with Crippen molar-refractivity contribution in [3.05, 3.63) is 106 Å². The van der Waals surface area contributed by atoms with Crippen LogP contribution in [0.4, 0.5) is 10.1 Å². The fourth-order valence-corrected chi connectivity index (χ4v) is 9.76. The second-order valence-electron chi connectivity index (χ2n) is 13.6. The van der Waals surface area contributed by atoms with Gasteiger partial charge in [0.05, 0.1) is 28.9 Å². The molecule has 2 heterocycles. The number of para-hydroxylation sites is 1. The highest BCUT2D eigenvalue weighted by Crippen LogP contribution is 2.65. The van der Waals surface area contributed by atoms with Gasteiger partial charge in [0.25, 0.3) is 0 Å². The van der Waals surface area contributed by atoms with E-state index in [0.29, 0.717) is 21.8 Å². The van der Waals surface area contributed by atoms with E-state index in [-0.39, 0.29) is 36.3 Å². The van der Waals surface area contributed by atoms with Gasteiger partial charge in [0, 0.05) is 22.5 Å². The number of amides is 4. The maximum atomic E-state index is 15.2. The molecule has 8 rings (SSSR count). The maximum absolute atomic E-state index is 15.2. The summed E-state index contributed by atoms with van der Waals surface area (Å²) in [7, 11) is 0. The molecule has 3 aliphatic carbocycles. The summed E-state index contributed by atoms with van der Waals surface area (Å²) in [5, 5.41) is 11.7. The van der Waals surface area contributed by atoms with Gasteiger partial charge in [-0.2, -0.15) is 0 Å². The lowest BCUT2D eigenvalue weighted by atomic mass is 9.49. The van der Waals surface area contributed by atoms with Crippen molar-refractivity contribution in [1.29, 1.82) is 0 Å². The summed E-state index contributed by atoms with van der Waals surface area (Å²) >= 11 is 6.35. The topological polar surface area (TPSA) is 95.0 Å². The number of fused-ring (bicyclic) bond motifs is 4. The number of carbonyl (C=O) groups excluding carboxylic acids is 4. The van der Waals surface area contributed by atoms with E-state index >= 15 is 9.18 Å². The normalized spacial score (nSPS) is 30.7. The number of aromatic hydroxyl groups is 1. The quantitative estimate of drug-likeness (QED) is 0.251. The van der Waals surface area contributed by atoms with E-state index in [4.69, 9.17) is 11.6 Å². The number of halogens is 2. The zero-order chi connectivity index (χ0) is 32.6. The average molecular weight is 653 g/mol. The fourth-order valence-electron chi connectivity index (χ4n) is 9.58. The number of hydrogen-bond donors (Lipinski definition) is 1. The summed E-state index contributed by atoms with van der Waals surface area (Å²) in [6.07, 6.45) is 6.92. The molecule has 5 aliphatic rings. The SMILES string of the molecule is O=C1C2CC3C(=CCC4C(=O)N(C5CCCCC5)C(=O)C43)C(c3cccc(F)c3O)C2(c2ccccc2)C(=O)N1c1cccc(Cl)c1. The zero-order valence-corrected chi connectivity index (χ0v) is 26.4. The minimum Gasteiger partial charge on any atom is -0.505 e. The molecule has 4 fully saturated rings. The standard InChI is InChI=1S/C38H34ClFN2O5/c39-22-11-7-14-24(19-22)42-35(45)29-20-28-25(17-18-26-31(28)36(46)41(34(26)44)23-12-5-2-6-13-23)32(27-15-8-16-30(40)33(27)43)38(29,37(42)47)21-9-3-1-4-10-21/h1,3-4,7-11,14-17,19,23,26,28-29,31-32,43H,2,5-6,12-13,18,20H2. The van der Waals surface area contributed by atoms with Gasteiger partial charge in [-0.25, -0.2) is 9.29 Å². The molecule has 9 heteroatoms. The number of carbonyl (C=O) groups is 4. The molecule has 0 radical (unpaired) electrons. The molecule has 6 atom stereocenters. The van der Waals surface area contributed by atoms with Gasteiger partial charge in [0.2, 0.25) is 23.6 Å². The molecule has 1 N–H and O–H groups in total. The molecule has 0 spiro atoms. The number of phenols is 1. The van der Waals surface area contributed by atoms with Crippen molar-refractivity contribution in [2.45, 2.75) is 62.3 Å². The number of anilines is 1. The number of hydrogen-bond acceptors (Lipinski definition) is 5. The van der Waals surface area contributed by atoms with Crippen molar-refractivity contribution in [1.82, 2.24) is 4.90 Å². The van der Waals surface area contributed by atoms with E-state index in [1.165, 1.54) is 11.0 Å². The molecule has 47 heavy (non-hydrogen) atoms. The lowest BCUT2D eigenvalue weighted by Gasteiger charge is -2.50. The second-order valence-corrected chi connectivity index (χ2v) is 14.0. The summed E-state index contributed by atoms with van der Waals surface area (Å²) in [4.78, 5) is 60.9. The molecular formula is C38H34ClFN2O5. The van der Waals surface area contributed by atoms with Crippen molar-refractivity contribution in [3.8, 4) is 5.75 Å². The molecule has 7 nitrogen and oxygen atoms in total. The van der Waals surface area contributed by atoms with Gasteiger partial charge in [-0.15, -0.1) is 0 Å². The molecule has 240 valence electrons. The number of nitrogens with zero attached hydrogens (tertiary/aromatic N) is 2. The van der Waals surface area contributed by atoms with Crippen LogP contribution in [0.3, 0.4) is 0 Å². The second kappa shape index (κ2) is 11.2. The van der Waals surface area contributed by atoms with Crippen molar-refractivity contribution in [2.24, 2.45) is 23.7 Å². The van der Waals surface area contributed by atoms with Gasteiger partial charge < -0.3 is 5.11 Å². The maximum Gasteiger partial charge on any atom is 0.246 e. The highest BCUT2D eigenvalue weighted by molar-refractivity contribution is 6.32. The van der Waals surface area contributed by atoms with Crippen LogP contribution < -0.4 is 4.90 Å². The first kappa shape index (κ1) is 30.1. The molecule has 3 aromatic carbocycles. The predicted molar refractivity (Wildman–Crippen MR) is 173 cm³/mol. The van der Waals surface area contributed by atoms with Crippen LogP contribution in [0.15, 0.2) is 84.4 Å². The Labute approximate surface area is 277 Å². The molecule has 0 bridgehead atoms. The van der Waals surface area contributed by atoms with E-state index in [0.717, 1.165) is 43.1 Å². The Kier molecular flexibility index (Phi) is 7.13. The summed E-state index contributed by atoms with van der Waals surface area (Å²) in [6.45, 7) is 0. The Hall–Kier alpha value is -4.30. The Morgan fingerprint density at radius 2 is 1.57 bits per heavy atom. The van der Waals surface area contributed by atoms with E-state index in [1.807, 2.05) is 12.1 Å². The number of phenolic OH excluding ortho intramolecular Hbond substituents is 1. The van der Waals surface area contributed by atoms with E-state index in [2.05, 4.69) is 0 Å². The summed E-state index contributed by atoms with van der Waals surface area (Å²) < 4.78 is 15.2. The van der Waals surface area contributed by atoms with Gasteiger partial charge in [-0.3, -0.25) is 24.1 Å². The number of imide groups is 2. The first-order chi connectivity index (χ1) is 22.7. The summed E-state index contributed by atoms with van der Waals surface area (Å²) in [6, 6.07) is 19.6. The minimum atomic E-state index is -1.57. The lowest BCUT2D eigenvalue weighted by molar-refractivity contribution is -0.143. The van der Waals surface area contributed by atoms with Gasteiger partial charge >= 0.3 is 0 Å². The molecular weight excluding hydrogens is 619 g/mol. The van der Waals surface area contributed by atoms with E-state index in [9.17, 15) is 19.5 Å². The predicted octanol–water partition coefficient (Wildman–Crippen LogP) is 6.68. The molecule has 4 amide bonds. The fraction of sp³-hybridized carbons (Fsp3) is 0.368. The third-order valence-electron chi connectivity index (χ3n) is 11.5. The van der Waals surface area contributed by atoms with Crippen molar-refractivity contribution in [2.75, 3.05) is 4.90 Å². The third kappa shape index (κ3) is 4.23. The van der Waals surface area contributed by atoms with E-state index in [1.54, 1.807) is 54.6 Å². The van der Waals surface area contributed by atoms with Crippen LogP contribution >= 0.6 is 11.6 Å². The minimum absolute atomic E-state index is 0.138. The average Bonchev–Trinajstić information content (AvgIpc) is 3.47. The van der Waals surface area contributed by atoms with Gasteiger partial charge in [0.1, 0.15) is 0 Å². The molecule has 2 saturated carbocycles. The van der Waals surface area contributed by atoms with Crippen molar-refractivity contribution >= 4 is 40.9 Å². The number of rotatable bonds is 4. The van der Waals surface area contributed by atoms with Crippen LogP contribution in [0.1, 0.15) is 62.0 Å². The highest BCUT2D eigenvalue weighted by atomic mass is 35.5. The van der Waals surface area contributed by atoms with Crippen LogP contribution in [0.25, 0.3) is 0 Å². The van der Waals surface area contributed by atoms with Crippen molar-refractivity contribution < 1.29 is 28.7 Å². The number of allylic oxidation sites excluding steroid dienone is 2. The van der Waals surface area contributed by atoms with Gasteiger partial charge in [-0.05, 0) is 61.4 Å². The van der Waals surface area contributed by atoms with Crippen LogP contribution in [0.5, 0.6) is 5.75 Å². The lowest BCUT2D eigenvalue weighted by Crippen LogP contribution is -2.53. The monoisotopic (exact) mass is 652 g/mol. The molecule has 6 unspecified atom stereocenters. The first-order valence-electron chi connectivity index (χ1n) is 16.5. The van der Waals surface area contributed by atoms with Crippen LogP contribution in [-0.2, 0) is 24.6 Å². The first-order valence-corrected chi connectivity index (χ1v) is 16.9. The third-order valence-corrected chi connectivity index (χ3v) is 11.7. The van der Waals surface area contributed by atoms with Crippen LogP contribution in [-0.4, -0.2) is 39.7 Å². The van der Waals surface area contributed by atoms with Crippen LogP contribution in [0.2, 0.25) is 5.02 Å². The van der Waals surface area contributed by atoms with Crippen LogP contribution in [0, 0.1) is 29.5 Å². The Morgan fingerprint density at radius 3 is 2.32 bits per heavy atom.